The molecule has 156 valence electrons. The SMILES string of the molecule is O=C(c1sc2cc([N+](=O)[O-])ccc2c1Cl)N1CCN(S(=O)(=O)c2ccccc2)CC1. The summed E-state index contributed by atoms with van der Waals surface area (Å²) in [5.74, 6) is -0.305. The molecule has 1 amide bonds. The molecule has 0 unspecified atom stereocenters. The van der Waals surface area contributed by atoms with Gasteiger partial charge in [-0.25, -0.2) is 8.42 Å². The lowest BCUT2D eigenvalue weighted by molar-refractivity contribution is -0.384. The third-order valence-electron chi connectivity index (χ3n) is 4.92. The first-order valence-corrected chi connectivity index (χ1v) is 11.6. The maximum Gasteiger partial charge on any atom is 0.270 e. The van der Waals surface area contributed by atoms with Gasteiger partial charge in [-0.1, -0.05) is 29.8 Å². The van der Waals surface area contributed by atoms with Crippen molar-refractivity contribution in [1.82, 2.24) is 9.21 Å². The van der Waals surface area contributed by atoms with E-state index in [2.05, 4.69) is 0 Å². The van der Waals surface area contributed by atoms with E-state index in [0.717, 1.165) is 11.3 Å². The van der Waals surface area contributed by atoms with Crippen molar-refractivity contribution in [2.24, 2.45) is 0 Å². The van der Waals surface area contributed by atoms with Gasteiger partial charge in [0.25, 0.3) is 11.6 Å². The number of nitro groups is 1. The molecule has 0 N–H and O–H groups in total. The molecule has 1 fully saturated rings. The topological polar surface area (TPSA) is 101 Å². The average molecular weight is 466 g/mol. The predicted molar refractivity (Wildman–Crippen MR) is 115 cm³/mol. The second-order valence-electron chi connectivity index (χ2n) is 6.69. The number of thiophene rings is 1. The number of halogens is 1. The molecule has 8 nitrogen and oxygen atoms in total. The van der Waals surface area contributed by atoms with Crippen LogP contribution in [0.1, 0.15) is 9.67 Å². The van der Waals surface area contributed by atoms with E-state index >= 15 is 0 Å². The Kier molecular flexibility index (Phi) is 5.49. The Morgan fingerprint density at radius 3 is 2.37 bits per heavy atom. The van der Waals surface area contributed by atoms with Crippen LogP contribution in [0.5, 0.6) is 0 Å². The molecule has 0 bridgehead atoms. The van der Waals surface area contributed by atoms with Crippen LogP contribution < -0.4 is 0 Å². The minimum atomic E-state index is -3.61. The van der Waals surface area contributed by atoms with E-state index < -0.39 is 14.9 Å². The summed E-state index contributed by atoms with van der Waals surface area (Å²) in [6.07, 6.45) is 0. The van der Waals surface area contributed by atoms with Crippen molar-refractivity contribution in [1.29, 1.82) is 0 Å². The van der Waals surface area contributed by atoms with Gasteiger partial charge in [-0.3, -0.25) is 14.9 Å². The molecule has 0 atom stereocenters. The van der Waals surface area contributed by atoms with Gasteiger partial charge < -0.3 is 4.90 Å². The molecule has 30 heavy (non-hydrogen) atoms. The zero-order valence-electron chi connectivity index (χ0n) is 15.5. The summed E-state index contributed by atoms with van der Waals surface area (Å²) in [4.78, 5) is 25.5. The minimum Gasteiger partial charge on any atom is -0.335 e. The Morgan fingerprint density at radius 1 is 1.07 bits per heavy atom. The van der Waals surface area contributed by atoms with Crippen LogP contribution in [0.2, 0.25) is 5.02 Å². The standard InChI is InChI=1S/C19H16ClN3O5S2/c20-17-15-7-6-13(23(25)26)12-16(15)29-18(17)19(24)21-8-10-22(11-9-21)30(27,28)14-4-2-1-3-5-14/h1-7,12H,8-11H2. The summed E-state index contributed by atoms with van der Waals surface area (Å²) in [7, 11) is -3.61. The highest BCUT2D eigenvalue weighted by Crippen LogP contribution is 2.38. The summed E-state index contributed by atoms with van der Waals surface area (Å²) < 4.78 is 27.4. The van der Waals surface area contributed by atoms with E-state index in [1.807, 2.05) is 0 Å². The lowest BCUT2D eigenvalue weighted by Crippen LogP contribution is -2.50. The van der Waals surface area contributed by atoms with Crippen molar-refractivity contribution in [3.8, 4) is 0 Å². The van der Waals surface area contributed by atoms with Gasteiger partial charge in [0.15, 0.2) is 0 Å². The number of carbonyl (C=O) groups excluding carboxylic acids is 1. The molecular formula is C19H16ClN3O5S2. The third-order valence-corrected chi connectivity index (χ3v) is 8.48. The van der Waals surface area contributed by atoms with Crippen molar-refractivity contribution in [2.75, 3.05) is 26.2 Å². The first-order chi connectivity index (χ1) is 14.3. The third kappa shape index (κ3) is 3.67. The van der Waals surface area contributed by atoms with Crippen LogP contribution >= 0.6 is 22.9 Å². The van der Waals surface area contributed by atoms with Gasteiger partial charge in [-0.15, -0.1) is 11.3 Å². The Hall–Kier alpha value is -2.53. The van der Waals surface area contributed by atoms with Gasteiger partial charge in [-0.05, 0) is 18.2 Å². The van der Waals surface area contributed by atoms with Crippen LogP contribution in [-0.2, 0) is 10.0 Å². The molecule has 11 heteroatoms. The fourth-order valence-electron chi connectivity index (χ4n) is 3.32. The number of piperazine rings is 1. The van der Waals surface area contributed by atoms with Crippen LogP contribution in [-0.4, -0.2) is 54.6 Å². The van der Waals surface area contributed by atoms with E-state index in [9.17, 15) is 23.3 Å². The van der Waals surface area contributed by atoms with Gasteiger partial charge in [0.1, 0.15) is 4.88 Å². The molecule has 1 aliphatic heterocycles. The maximum absolute atomic E-state index is 13.0. The molecule has 1 aromatic heterocycles. The molecule has 4 rings (SSSR count). The number of hydrogen-bond donors (Lipinski definition) is 0. The number of amides is 1. The Labute approximate surface area is 181 Å². The predicted octanol–water partition coefficient (Wildman–Crippen LogP) is 3.61. The highest BCUT2D eigenvalue weighted by Gasteiger charge is 2.31. The number of fused-ring (bicyclic) bond motifs is 1. The second-order valence-corrected chi connectivity index (χ2v) is 10.1. The summed E-state index contributed by atoms with van der Waals surface area (Å²) in [6.45, 7) is 0.819. The molecule has 1 saturated heterocycles. The van der Waals surface area contributed by atoms with E-state index in [-0.39, 0.29) is 47.7 Å². The molecule has 0 spiro atoms. The van der Waals surface area contributed by atoms with E-state index in [4.69, 9.17) is 11.6 Å². The summed E-state index contributed by atoms with van der Waals surface area (Å²) in [6, 6.07) is 12.5. The molecule has 2 heterocycles. The molecule has 0 saturated carbocycles. The largest absolute Gasteiger partial charge is 0.335 e. The minimum absolute atomic E-state index is 0.0702. The number of benzene rings is 2. The zero-order chi connectivity index (χ0) is 21.5. The van der Waals surface area contributed by atoms with Gasteiger partial charge in [0.05, 0.1) is 14.8 Å². The monoisotopic (exact) mass is 465 g/mol. The molecule has 0 radical (unpaired) electrons. The Morgan fingerprint density at radius 2 is 1.73 bits per heavy atom. The average Bonchev–Trinajstić information content (AvgIpc) is 3.09. The summed E-state index contributed by atoms with van der Waals surface area (Å²) in [5, 5.41) is 11.8. The highest BCUT2D eigenvalue weighted by atomic mass is 35.5. The van der Waals surface area contributed by atoms with Crippen LogP contribution in [0.15, 0.2) is 53.4 Å². The van der Waals surface area contributed by atoms with E-state index in [1.54, 1.807) is 35.2 Å². The van der Waals surface area contributed by atoms with Crippen molar-refractivity contribution in [3.63, 3.8) is 0 Å². The smallest absolute Gasteiger partial charge is 0.270 e. The number of nitrogens with zero attached hydrogens (tertiary/aromatic N) is 3. The summed E-state index contributed by atoms with van der Waals surface area (Å²) >= 11 is 7.47. The fraction of sp³-hybridized carbons (Fsp3) is 0.211. The molecule has 1 aliphatic rings. The van der Waals surface area contributed by atoms with Crippen molar-refractivity contribution >= 4 is 54.6 Å². The first kappa shape index (κ1) is 20.7. The van der Waals surface area contributed by atoms with E-state index in [0.29, 0.717) is 15.0 Å². The van der Waals surface area contributed by atoms with Gasteiger partial charge in [0, 0.05) is 48.4 Å². The number of sulfonamides is 1. The van der Waals surface area contributed by atoms with Crippen molar-refractivity contribution < 1.29 is 18.1 Å². The number of non-ortho nitro benzene ring substituents is 1. The fourth-order valence-corrected chi connectivity index (χ4v) is 6.28. The second kappa shape index (κ2) is 7.95. The van der Waals surface area contributed by atoms with Gasteiger partial charge in [0.2, 0.25) is 10.0 Å². The normalized spacial score (nSPS) is 15.4. The van der Waals surface area contributed by atoms with Crippen LogP contribution in [0.4, 0.5) is 5.69 Å². The zero-order valence-corrected chi connectivity index (χ0v) is 17.9. The van der Waals surface area contributed by atoms with Crippen molar-refractivity contribution in [3.05, 3.63) is 68.5 Å². The number of rotatable bonds is 4. The number of carbonyl (C=O) groups is 1. The number of nitro benzene ring substituents is 1. The van der Waals surface area contributed by atoms with Crippen LogP contribution in [0.25, 0.3) is 10.1 Å². The van der Waals surface area contributed by atoms with Crippen molar-refractivity contribution in [2.45, 2.75) is 4.90 Å². The molecular weight excluding hydrogens is 450 g/mol. The Bertz CT molecular complexity index is 1240. The Balaban J connectivity index is 1.52. The van der Waals surface area contributed by atoms with Crippen LogP contribution in [0, 0.1) is 10.1 Å². The molecule has 2 aromatic carbocycles. The van der Waals surface area contributed by atoms with E-state index in [1.165, 1.54) is 22.5 Å². The molecule has 0 aliphatic carbocycles. The summed E-state index contributed by atoms with van der Waals surface area (Å²) in [5.41, 5.74) is -0.0702. The van der Waals surface area contributed by atoms with Gasteiger partial charge in [-0.2, -0.15) is 4.31 Å². The van der Waals surface area contributed by atoms with Crippen LogP contribution in [0.3, 0.4) is 0 Å². The van der Waals surface area contributed by atoms with Gasteiger partial charge >= 0.3 is 0 Å². The first-order valence-electron chi connectivity index (χ1n) is 9.00. The maximum atomic E-state index is 13.0. The highest BCUT2D eigenvalue weighted by molar-refractivity contribution is 7.89. The number of hydrogen-bond acceptors (Lipinski definition) is 6. The lowest BCUT2D eigenvalue weighted by Gasteiger charge is -2.33. The molecule has 3 aromatic rings. The lowest BCUT2D eigenvalue weighted by atomic mass is 10.2. The quantitative estimate of drug-likeness (QED) is 0.432.